The Bertz CT molecular complexity index is 1000. The van der Waals surface area contributed by atoms with E-state index in [0.717, 1.165) is 4.90 Å². The van der Waals surface area contributed by atoms with Crippen LogP contribution in [0.3, 0.4) is 0 Å². The minimum absolute atomic E-state index is 0.135. The van der Waals surface area contributed by atoms with Crippen molar-refractivity contribution >= 4 is 29.3 Å². The molecule has 2 aromatic rings. The van der Waals surface area contributed by atoms with E-state index in [1.165, 1.54) is 20.1 Å². The first kappa shape index (κ1) is 20.1. The number of nitrogens with zero attached hydrogens (tertiary/aromatic N) is 1. The van der Waals surface area contributed by atoms with Crippen LogP contribution < -0.4 is 15.4 Å². The lowest BCUT2D eigenvalue weighted by Crippen LogP contribution is -2.42. The average molecular weight is 395 g/mol. The number of methoxy groups -OCH3 is 1. The first-order chi connectivity index (χ1) is 13.7. The number of hydrogen-bond acceptors (Lipinski definition) is 5. The Labute approximate surface area is 167 Å². The summed E-state index contributed by atoms with van der Waals surface area (Å²) in [5.41, 5.74) is 0.0986. The van der Waals surface area contributed by atoms with Gasteiger partial charge in [0.15, 0.2) is 5.78 Å². The fourth-order valence-corrected chi connectivity index (χ4v) is 3.13. The molecule has 0 radical (unpaired) electrons. The molecule has 150 valence electrons. The van der Waals surface area contributed by atoms with E-state index >= 15 is 0 Å². The molecule has 0 bridgehead atoms. The van der Waals surface area contributed by atoms with E-state index in [4.69, 9.17) is 4.74 Å². The molecule has 0 aliphatic carbocycles. The van der Waals surface area contributed by atoms with Crippen molar-refractivity contribution in [2.45, 2.75) is 19.4 Å². The third-order valence-electron chi connectivity index (χ3n) is 4.78. The number of urea groups is 1. The lowest BCUT2D eigenvalue weighted by atomic mass is 9.92. The molecule has 0 saturated carbocycles. The summed E-state index contributed by atoms with van der Waals surface area (Å²) in [6.45, 7) is 2.55. The Hall–Kier alpha value is -3.68. The highest BCUT2D eigenvalue weighted by molar-refractivity contribution is 6.10. The van der Waals surface area contributed by atoms with Crippen LogP contribution in [0.5, 0.6) is 5.75 Å². The number of anilines is 1. The molecule has 2 aromatic carbocycles. The van der Waals surface area contributed by atoms with Gasteiger partial charge >= 0.3 is 6.03 Å². The van der Waals surface area contributed by atoms with Gasteiger partial charge < -0.3 is 15.4 Å². The van der Waals surface area contributed by atoms with Crippen molar-refractivity contribution in [3.8, 4) is 5.75 Å². The number of hydrogen-bond donors (Lipinski definition) is 2. The summed E-state index contributed by atoms with van der Waals surface area (Å²) < 4.78 is 5.18. The number of carbonyl (C=O) groups is 4. The van der Waals surface area contributed by atoms with Crippen molar-refractivity contribution < 1.29 is 23.9 Å². The maximum atomic E-state index is 12.9. The van der Waals surface area contributed by atoms with Crippen LogP contribution in [0.25, 0.3) is 0 Å². The zero-order chi connectivity index (χ0) is 21.2. The Morgan fingerprint density at radius 2 is 1.86 bits per heavy atom. The maximum Gasteiger partial charge on any atom is 0.325 e. The van der Waals surface area contributed by atoms with Gasteiger partial charge in [0.1, 0.15) is 17.8 Å². The summed E-state index contributed by atoms with van der Waals surface area (Å²) in [5.74, 6) is -0.677. The first-order valence-corrected chi connectivity index (χ1v) is 8.94. The molecule has 1 fully saturated rings. The number of ether oxygens (including phenoxy) is 1. The molecule has 1 saturated heterocycles. The number of Topliss-reactive ketones (excluding diaryl/α,β-unsaturated/α-hetero) is 1. The number of benzene rings is 2. The van der Waals surface area contributed by atoms with Crippen molar-refractivity contribution in [2.24, 2.45) is 0 Å². The first-order valence-electron chi connectivity index (χ1n) is 8.94. The van der Waals surface area contributed by atoms with Crippen LogP contribution >= 0.6 is 0 Å². The predicted molar refractivity (Wildman–Crippen MR) is 106 cm³/mol. The third-order valence-corrected chi connectivity index (χ3v) is 4.78. The number of ketones is 1. The number of nitrogens with one attached hydrogen (secondary N) is 2. The second kappa shape index (κ2) is 7.75. The topological polar surface area (TPSA) is 105 Å². The standard InChI is InChI=1S/C21H21N3O5/c1-13(25)14-6-4-8-16(10-14)22-18(26)12-24-19(27)21(2,23-20(24)28)15-7-5-9-17(11-15)29-3/h4-11H,12H2,1-3H3,(H,22,26)(H,23,28)/t21-/m0/s1. The molecule has 3 rings (SSSR count). The molecule has 8 heteroatoms. The number of imide groups is 1. The smallest absolute Gasteiger partial charge is 0.325 e. The van der Waals surface area contributed by atoms with Crippen molar-refractivity contribution in [1.29, 1.82) is 0 Å². The van der Waals surface area contributed by atoms with Crippen LogP contribution in [-0.2, 0) is 15.1 Å². The largest absolute Gasteiger partial charge is 0.497 e. The zero-order valence-corrected chi connectivity index (χ0v) is 16.3. The van der Waals surface area contributed by atoms with Gasteiger partial charge in [-0.05, 0) is 43.7 Å². The fraction of sp³-hybridized carbons (Fsp3) is 0.238. The molecule has 2 N–H and O–H groups in total. The van der Waals surface area contributed by atoms with E-state index in [-0.39, 0.29) is 5.78 Å². The molecular formula is C21H21N3O5. The van der Waals surface area contributed by atoms with Gasteiger partial charge in [-0.25, -0.2) is 4.79 Å². The van der Waals surface area contributed by atoms with E-state index in [0.29, 0.717) is 22.6 Å². The quantitative estimate of drug-likeness (QED) is 0.577. The lowest BCUT2D eigenvalue weighted by Gasteiger charge is -2.22. The number of amides is 4. The summed E-state index contributed by atoms with van der Waals surface area (Å²) in [7, 11) is 1.51. The van der Waals surface area contributed by atoms with E-state index in [1.54, 1.807) is 49.4 Å². The zero-order valence-electron chi connectivity index (χ0n) is 16.3. The molecule has 1 aliphatic rings. The summed E-state index contributed by atoms with van der Waals surface area (Å²) in [4.78, 5) is 50.1. The second-order valence-corrected chi connectivity index (χ2v) is 6.86. The SMILES string of the molecule is COc1cccc([C@]2(C)NC(=O)N(CC(=O)Nc3cccc(C(C)=O)c3)C2=O)c1. The van der Waals surface area contributed by atoms with Gasteiger partial charge in [0.25, 0.3) is 5.91 Å². The Kier molecular flexibility index (Phi) is 5.36. The van der Waals surface area contributed by atoms with Crippen LogP contribution in [-0.4, -0.2) is 42.2 Å². The van der Waals surface area contributed by atoms with Gasteiger partial charge in [-0.1, -0.05) is 24.3 Å². The summed E-state index contributed by atoms with van der Waals surface area (Å²) >= 11 is 0. The Morgan fingerprint density at radius 3 is 2.55 bits per heavy atom. The van der Waals surface area contributed by atoms with Gasteiger partial charge in [0.2, 0.25) is 5.91 Å². The lowest BCUT2D eigenvalue weighted by molar-refractivity contribution is -0.133. The summed E-state index contributed by atoms with van der Waals surface area (Å²) in [6, 6.07) is 12.6. The molecule has 0 spiro atoms. The highest BCUT2D eigenvalue weighted by atomic mass is 16.5. The molecule has 1 heterocycles. The molecule has 0 unspecified atom stereocenters. The van der Waals surface area contributed by atoms with Crippen LogP contribution in [0.4, 0.5) is 10.5 Å². The van der Waals surface area contributed by atoms with Crippen molar-refractivity contribution in [3.63, 3.8) is 0 Å². The van der Waals surface area contributed by atoms with Crippen LogP contribution in [0.15, 0.2) is 48.5 Å². The molecular weight excluding hydrogens is 374 g/mol. The maximum absolute atomic E-state index is 12.9. The van der Waals surface area contributed by atoms with E-state index in [2.05, 4.69) is 10.6 Å². The van der Waals surface area contributed by atoms with Crippen LogP contribution in [0.1, 0.15) is 29.8 Å². The monoisotopic (exact) mass is 395 g/mol. The van der Waals surface area contributed by atoms with Gasteiger partial charge in [-0.15, -0.1) is 0 Å². The van der Waals surface area contributed by atoms with Gasteiger partial charge in [-0.3, -0.25) is 19.3 Å². The van der Waals surface area contributed by atoms with Gasteiger partial charge in [0, 0.05) is 11.3 Å². The molecule has 4 amide bonds. The van der Waals surface area contributed by atoms with Crippen LogP contribution in [0, 0.1) is 0 Å². The average Bonchev–Trinajstić information content (AvgIpc) is 2.92. The Balaban J connectivity index is 1.75. The minimum Gasteiger partial charge on any atom is -0.497 e. The highest BCUT2D eigenvalue weighted by Gasteiger charge is 2.49. The predicted octanol–water partition coefficient (Wildman–Crippen LogP) is 2.30. The van der Waals surface area contributed by atoms with Crippen LogP contribution in [0.2, 0.25) is 0 Å². The van der Waals surface area contributed by atoms with Crippen molar-refractivity contribution in [2.75, 3.05) is 19.0 Å². The molecule has 1 atom stereocenters. The number of carbonyl (C=O) groups excluding carboxylic acids is 4. The minimum atomic E-state index is -1.31. The van der Waals surface area contributed by atoms with Gasteiger partial charge in [-0.2, -0.15) is 0 Å². The molecule has 8 nitrogen and oxygen atoms in total. The highest BCUT2D eigenvalue weighted by Crippen LogP contribution is 2.30. The van der Waals surface area contributed by atoms with Crippen molar-refractivity contribution in [3.05, 3.63) is 59.7 Å². The molecule has 1 aliphatic heterocycles. The summed E-state index contributed by atoms with van der Waals surface area (Å²) in [6.07, 6.45) is 0. The summed E-state index contributed by atoms with van der Waals surface area (Å²) in [5, 5.41) is 5.25. The third kappa shape index (κ3) is 3.96. The normalized spacial score (nSPS) is 18.4. The Morgan fingerprint density at radius 1 is 1.14 bits per heavy atom. The number of rotatable bonds is 6. The van der Waals surface area contributed by atoms with E-state index < -0.39 is 29.9 Å². The molecule has 0 aromatic heterocycles. The van der Waals surface area contributed by atoms with E-state index in [1.807, 2.05) is 0 Å². The fourth-order valence-electron chi connectivity index (χ4n) is 3.13. The van der Waals surface area contributed by atoms with Gasteiger partial charge in [0.05, 0.1) is 7.11 Å². The van der Waals surface area contributed by atoms with E-state index in [9.17, 15) is 19.2 Å². The van der Waals surface area contributed by atoms with Crippen molar-refractivity contribution in [1.82, 2.24) is 10.2 Å². The molecule has 29 heavy (non-hydrogen) atoms. The second-order valence-electron chi connectivity index (χ2n) is 6.86.